The summed E-state index contributed by atoms with van der Waals surface area (Å²) in [4.78, 5) is 34.0. The molecule has 4 rings (SSSR count). The number of thioether (sulfide) groups is 1. The lowest BCUT2D eigenvalue weighted by molar-refractivity contribution is -0.132. The molecular formula is C22H25N3O3S. The van der Waals surface area contributed by atoms with E-state index >= 15 is 0 Å². The minimum atomic E-state index is -1.10. The second-order valence-corrected chi connectivity index (χ2v) is 8.73. The third kappa shape index (κ3) is 4.40. The summed E-state index contributed by atoms with van der Waals surface area (Å²) in [6.07, 6.45) is 9.29. The summed E-state index contributed by atoms with van der Waals surface area (Å²) in [6, 6.07) is 6.51. The number of amides is 1. The second kappa shape index (κ2) is 8.45. The highest BCUT2D eigenvalue weighted by Gasteiger charge is 2.34. The molecule has 2 aliphatic rings. The molecule has 1 aliphatic heterocycles. The van der Waals surface area contributed by atoms with Gasteiger partial charge in [0.2, 0.25) is 0 Å². The molecule has 6 nitrogen and oxygen atoms in total. The number of fused-ring (bicyclic) bond motifs is 1. The first-order chi connectivity index (χ1) is 14.0. The number of aromatic amines is 1. The SMILES string of the molecule is Cc1ccc2[nH]cc(CCN3C(=O)/C(=C\C(=O)O)SC3=NC3CCCCC3)c2c1. The van der Waals surface area contributed by atoms with Gasteiger partial charge in [-0.2, -0.15) is 0 Å². The van der Waals surface area contributed by atoms with Crippen LogP contribution < -0.4 is 0 Å². The van der Waals surface area contributed by atoms with Gasteiger partial charge >= 0.3 is 5.97 Å². The van der Waals surface area contributed by atoms with Crippen LogP contribution >= 0.6 is 11.8 Å². The summed E-state index contributed by atoms with van der Waals surface area (Å²) in [6.45, 7) is 2.55. The molecule has 1 amide bonds. The molecule has 1 aliphatic carbocycles. The molecule has 2 fully saturated rings. The van der Waals surface area contributed by atoms with Crippen LogP contribution in [-0.4, -0.2) is 44.6 Å². The molecule has 2 N–H and O–H groups in total. The Bertz CT molecular complexity index is 1000. The van der Waals surface area contributed by atoms with Crippen molar-refractivity contribution in [3.63, 3.8) is 0 Å². The van der Waals surface area contributed by atoms with E-state index in [1.807, 2.05) is 6.20 Å². The van der Waals surface area contributed by atoms with Crippen molar-refractivity contribution in [2.45, 2.75) is 51.5 Å². The number of amidine groups is 1. The molecule has 1 saturated heterocycles. The lowest BCUT2D eigenvalue weighted by atomic mass is 9.96. The molecule has 0 spiro atoms. The van der Waals surface area contributed by atoms with Crippen molar-refractivity contribution in [3.8, 4) is 0 Å². The van der Waals surface area contributed by atoms with E-state index < -0.39 is 5.97 Å². The van der Waals surface area contributed by atoms with Gasteiger partial charge in [0.1, 0.15) is 0 Å². The first-order valence-electron chi connectivity index (χ1n) is 10.1. The Morgan fingerprint density at radius 1 is 1.34 bits per heavy atom. The predicted molar refractivity (Wildman–Crippen MR) is 116 cm³/mol. The summed E-state index contributed by atoms with van der Waals surface area (Å²) in [5.41, 5.74) is 3.42. The molecule has 29 heavy (non-hydrogen) atoms. The van der Waals surface area contributed by atoms with Gasteiger partial charge in [-0.05, 0) is 55.6 Å². The van der Waals surface area contributed by atoms with Crippen molar-refractivity contribution < 1.29 is 14.7 Å². The van der Waals surface area contributed by atoms with Crippen molar-refractivity contribution in [3.05, 3.63) is 46.5 Å². The maximum atomic E-state index is 12.9. The lowest BCUT2D eigenvalue weighted by Crippen LogP contribution is -2.32. The van der Waals surface area contributed by atoms with E-state index in [1.54, 1.807) is 4.90 Å². The molecular weight excluding hydrogens is 386 g/mol. The third-order valence-corrected chi connectivity index (χ3v) is 6.56. The van der Waals surface area contributed by atoms with Gasteiger partial charge in [-0.1, -0.05) is 30.9 Å². The number of benzene rings is 1. The predicted octanol–water partition coefficient (Wildman–Crippen LogP) is 4.25. The quantitative estimate of drug-likeness (QED) is 0.720. The number of aliphatic imine (C=N–C) groups is 1. The molecule has 0 unspecified atom stereocenters. The molecule has 1 aromatic heterocycles. The minimum absolute atomic E-state index is 0.224. The van der Waals surface area contributed by atoms with Crippen LogP contribution in [0.4, 0.5) is 0 Å². The lowest BCUT2D eigenvalue weighted by Gasteiger charge is -2.21. The zero-order valence-electron chi connectivity index (χ0n) is 16.5. The Morgan fingerprint density at radius 3 is 2.90 bits per heavy atom. The molecule has 1 aromatic carbocycles. The number of hydrogen-bond acceptors (Lipinski definition) is 4. The number of nitrogens with zero attached hydrogens (tertiary/aromatic N) is 2. The van der Waals surface area contributed by atoms with Crippen molar-refractivity contribution in [1.82, 2.24) is 9.88 Å². The summed E-state index contributed by atoms with van der Waals surface area (Å²) in [5.74, 6) is -1.37. The van der Waals surface area contributed by atoms with Crippen molar-refractivity contribution in [2.24, 2.45) is 4.99 Å². The number of carboxylic acids is 1. The van der Waals surface area contributed by atoms with Crippen LogP contribution in [0.25, 0.3) is 10.9 Å². The van der Waals surface area contributed by atoms with E-state index in [0.717, 1.165) is 48.2 Å². The maximum absolute atomic E-state index is 12.9. The van der Waals surface area contributed by atoms with E-state index in [2.05, 4.69) is 30.1 Å². The molecule has 7 heteroatoms. The van der Waals surface area contributed by atoms with Gasteiger partial charge < -0.3 is 10.1 Å². The van der Waals surface area contributed by atoms with E-state index in [4.69, 9.17) is 10.1 Å². The number of carboxylic acid groups (broad SMARTS) is 1. The van der Waals surface area contributed by atoms with Crippen LogP contribution in [0.15, 0.2) is 40.4 Å². The molecule has 1 saturated carbocycles. The average molecular weight is 412 g/mol. The Balaban J connectivity index is 1.57. The number of H-pyrrole nitrogens is 1. The highest BCUT2D eigenvalue weighted by molar-refractivity contribution is 8.18. The Hall–Kier alpha value is -2.54. The van der Waals surface area contributed by atoms with Gasteiger partial charge in [0.25, 0.3) is 5.91 Å². The van der Waals surface area contributed by atoms with Crippen molar-refractivity contribution in [1.29, 1.82) is 0 Å². The van der Waals surface area contributed by atoms with Crippen LogP contribution in [0.1, 0.15) is 43.2 Å². The number of aryl methyl sites for hydroxylation is 1. The van der Waals surface area contributed by atoms with Gasteiger partial charge in [-0.15, -0.1) is 0 Å². The molecule has 0 atom stereocenters. The minimum Gasteiger partial charge on any atom is -0.478 e. The number of rotatable bonds is 5. The van der Waals surface area contributed by atoms with E-state index in [-0.39, 0.29) is 16.9 Å². The van der Waals surface area contributed by atoms with E-state index in [0.29, 0.717) is 18.1 Å². The summed E-state index contributed by atoms with van der Waals surface area (Å²) >= 11 is 1.19. The number of carbonyl (C=O) groups excluding carboxylic acids is 1. The Labute approximate surface area is 174 Å². The van der Waals surface area contributed by atoms with Gasteiger partial charge in [0.15, 0.2) is 5.17 Å². The number of aromatic nitrogens is 1. The molecule has 2 heterocycles. The standard InChI is InChI=1S/C22H25N3O3S/c1-14-7-8-18-17(11-14)15(13-23-18)9-10-25-21(28)19(12-20(26)27)29-22(25)24-16-5-3-2-4-6-16/h7-8,11-13,16,23H,2-6,9-10H2,1H3,(H,26,27)/b19-12+,24-22?. The number of hydrogen-bond donors (Lipinski definition) is 2. The number of carbonyl (C=O) groups is 2. The third-order valence-electron chi connectivity index (χ3n) is 5.54. The second-order valence-electron chi connectivity index (χ2n) is 7.72. The Kier molecular flexibility index (Phi) is 5.76. The summed E-state index contributed by atoms with van der Waals surface area (Å²) in [5, 5.41) is 10.9. The van der Waals surface area contributed by atoms with Gasteiger partial charge in [0.05, 0.1) is 10.9 Å². The van der Waals surface area contributed by atoms with Crippen LogP contribution in [0.3, 0.4) is 0 Å². The number of aliphatic carboxylic acids is 1. The van der Waals surface area contributed by atoms with Crippen LogP contribution in [0, 0.1) is 6.92 Å². The fraction of sp³-hybridized carbons (Fsp3) is 0.409. The van der Waals surface area contributed by atoms with Gasteiger partial charge in [-0.3, -0.25) is 14.7 Å². The van der Waals surface area contributed by atoms with Gasteiger partial charge in [0, 0.05) is 29.7 Å². The smallest absolute Gasteiger partial charge is 0.329 e. The number of nitrogens with one attached hydrogen (secondary N) is 1. The topological polar surface area (TPSA) is 85.8 Å². The molecule has 0 radical (unpaired) electrons. The fourth-order valence-electron chi connectivity index (χ4n) is 4.01. The van der Waals surface area contributed by atoms with E-state index in [1.165, 1.54) is 23.7 Å². The highest BCUT2D eigenvalue weighted by atomic mass is 32.2. The van der Waals surface area contributed by atoms with Crippen LogP contribution in [-0.2, 0) is 16.0 Å². The molecule has 152 valence electrons. The first kappa shape index (κ1) is 19.8. The fourth-order valence-corrected chi connectivity index (χ4v) is 5.05. The zero-order valence-corrected chi connectivity index (χ0v) is 17.3. The molecule has 0 bridgehead atoms. The van der Waals surface area contributed by atoms with Crippen molar-refractivity contribution >= 4 is 39.7 Å². The molecule has 2 aromatic rings. The van der Waals surface area contributed by atoms with Crippen LogP contribution in [0.5, 0.6) is 0 Å². The summed E-state index contributed by atoms with van der Waals surface area (Å²) in [7, 11) is 0. The summed E-state index contributed by atoms with van der Waals surface area (Å²) < 4.78 is 0. The van der Waals surface area contributed by atoms with Crippen LogP contribution in [0.2, 0.25) is 0 Å². The first-order valence-corrected chi connectivity index (χ1v) is 10.9. The largest absolute Gasteiger partial charge is 0.478 e. The highest BCUT2D eigenvalue weighted by Crippen LogP contribution is 2.33. The zero-order chi connectivity index (χ0) is 20.4. The van der Waals surface area contributed by atoms with E-state index in [9.17, 15) is 9.59 Å². The van der Waals surface area contributed by atoms with Gasteiger partial charge in [-0.25, -0.2) is 4.79 Å². The Morgan fingerprint density at radius 2 is 2.14 bits per heavy atom. The normalized spacial score (nSPS) is 21.0. The average Bonchev–Trinajstić information content (AvgIpc) is 3.21. The van der Waals surface area contributed by atoms with Crippen molar-refractivity contribution in [2.75, 3.05) is 6.54 Å². The monoisotopic (exact) mass is 411 g/mol. The maximum Gasteiger partial charge on any atom is 0.329 e.